The van der Waals surface area contributed by atoms with Gasteiger partial charge in [-0.3, -0.25) is 14.6 Å². The molecule has 1 aliphatic heterocycles. The average molecular weight is 416 g/mol. The molecule has 29 heavy (non-hydrogen) atoms. The lowest BCUT2D eigenvalue weighted by Crippen LogP contribution is -2.38. The fourth-order valence-electron chi connectivity index (χ4n) is 3.20. The first kappa shape index (κ1) is 20.9. The molecular weight excluding hydrogens is 392 g/mol. The molecule has 1 fully saturated rings. The molecule has 2 aromatic rings. The van der Waals surface area contributed by atoms with E-state index in [1.54, 1.807) is 0 Å². The molecular formula is C21H24N2O5S. The van der Waals surface area contributed by atoms with Crippen LogP contribution in [0, 0.1) is 20.8 Å². The van der Waals surface area contributed by atoms with E-state index in [9.17, 15) is 19.5 Å². The van der Waals surface area contributed by atoms with Gasteiger partial charge in [-0.2, -0.15) is 0 Å². The Hall–Kier alpha value is -2.87. The number of carbonyl (C=O) groups is 3. The van der Waals surface area contributed by atoms with E-state index in [-0.39, 0.29) is 25.0 Å². The lowest BCUT2D eigenvalue weighted by Gasteiger charge is -2.25. The maximum absolute atomic E-state index is 12.8. The van der Waals surface area contributed by atoms with Gasteiger partial charge < -0.3 is 9.84 Å². The monoisotopic (exact) mass is 416 g/mol. The second-order valence-corrected chi connectivity index (χ2v) is 8.68. The number of amides is 3. The highest BCUT2D eigenvalue weighted by atomic mass is 32.1. The van der Waals surface area contributed by atoms with Gasteiger partial charge in [0, 0.05) is 0 Å². The van der Waals surface area contributed by atoms with Gasteiger partial charge in [0.05, 0.1) is 11.5 Å². The summed E-state index contributed by atoms with van der Waals surface area (Å²) in [4.78, 5) is 39.3. The molecule has 3 amide bonds. The number of carboxylic acids is 1. The standard InChI is InChI=1S/C21H24N2O5S/c1-12-6-17(29-11-12)23-10-16(24)22(20(23)27)9-15-7-13(2)18(14(3)8-15)28-21(4,5)19(25)26/h6-8,11H,9-10H2,1-5H3,(H,25,26). The van der Waals surface area contributed by atoms with Crippen molar-refractivity contribution in [2.45, 2.75) is 46.8 Å². The van der Waals surface area contributed by atoms with Gasteiger partial charge in [-0.05, 0) is 68.3 Å². The van der Waals surface area contributed by atoms with E-state index in [0.29, 0.717) is 5.75 Å². The minimum Gasteiger partial charge on any atom is -0.478 e. The second kappa shape index (κ2) is 7.51. The summed E-state index contributed by atoms with van der Waals surface area (Å²) in [5.74, 6) is -0.808. The van der Waals surface area contributed by atoms with E-state index < -0.39 is 11.6 Å². The van der Waals surface area contributed by atoms with Crippen LogP contribution in [0.3, 0.4) is 0 Å². The number of aliphatic carboxylic acids is 1. The zero-order valence-electron chi connectivity index (χ0n) is 17.1. The van der Waals surface area contributed by atoms with Gasteiger partial charge in [0.15, 0.2) is 5.60 Å². The molecule has 3 rings (SSSR count). The number of urea groups is 1. The van der Waals surface area contributed by atoms with Crippen LogP contribution in [0.15, 0.2) is 23.6 Å². The Morgan fingerprint density at radius 2 is 1.79 bits per heavy atom. The maximum atomic E-state index is 12.8. The number of hydrogen-bond acceptors (Lipinski definition) is 5. The molecule has 0 aliphatic carbocycles. The Bertz CT molecular complexity index is 972. The normalized spacial score (nSPS) is 14.7. The van der Waals surface area contributed by atoms with Crippen molar-refractivity contribution in [1.82, 2.24) is 4.90 Å². The van der Waals surface area contributed by atoms with Gasteiger partial charge in [-0.25, -0.2) is 9.59 Å². The Labute approximate surface area is 173 Å². The summed E-state index contributed by atoms with van der Waals surface area (Å²) in [5.41, 5.74) is 1.97. The largest absolute Gasteiger partial charge is 0.478 e. The zero-order chi connectivity index (χ0) is 21.5. The summed E-state index contributed by atoms with van der Waals surface area (Å²) in [5, 5.41) is 12.0. The van der Waals surface area contributed by atoms with Crippen molar-refractivity contribution in [3.63, 3.8) is 0 Å². The van der Waals surface area contributed by atoms with Crippen molar-refractivity contribution >= 4 is 34.2 Å². The highest BCUT2D eigenvalue weighted by Gasteiger charge is 2.37. The van der Waals surface area contributed by atoms with Crippen molar-refractivity contribution in [3.8, 4) is 5.75 Å². The molecule has 0 bridgehead atoms. The molecule has 1 aromatic carbocycles. The molecule has 0 saturated carbocycles. The molecule has 2 heterocycles. The summed E-state index contributed by atoms with van der Waals surface area (Å²) in [7, 11) is 0. The molecule has 1 saturated heterocycles. The number of anilines is 1. The van der Waals surface area contributed by atoms with Gasteiger partial charge in [0.1, 0.15) is 12.3 Å². The van der Waals surface area contributed by atoms with Crippen LogP contribution in [0.25, 0.3) is 0 Å². The lowest BCUT2D eigenvalue weighted by molar-refractivity contribution is -0.152. The van der Waals surface area contributed by atoms with E-state index in [1.807, 2.05) is 44.4 Å². The van der Waals surface area contributed by atoms with Crippen molar-refractivity contribution in [1.29, 1.82) is 0 Å². The number of hydrogen-bond donors (Lipinski definition) is 1. The number of carboxylic acid groups (broad SMARTS) is 1. The third kappa shape index (κ3) is 4.12. The smallest absolute Gasteiger partial charge is 0.347 e. The van der Waals surface area contributed by atoms with E-state index in [4.69, 9.17) is 4.74 Å². The fourth-order valence-corrected chi connectivity index (χ4v) is 4.10. The number of carbonyl (C=O) groups excluding carboxylic acids is 2. The molecule has 154 valence electrons. The third-order valence-electron chi connectivity index (χ3n) is 4.77. The predicted molar refractivity (Wildman–Crippen MR) is 111 cm³/mol. The van der Waals surface area contributed by atoms with Crippen molar-refractivity contribution in [2.75, 3.05) is 11.4 Å². The van der Waals surface area contributed by atoms with Crippen molar-refractivity contribution < 1.29 is 24.2 Å². The summed E-state index contributed by atoms with van der Waals surface area (Å²) < 4.78 is 5.72. The van der Waals surface area contributed by atoms with Crippen LogP contribution < -0.4 is 9.64 Å². The molecule has 7 nitrogen and oxygen atoms in total. The second-order valence-electron chi connectivity index (χ2n) is 7.79. The van der Waals surface area contributed by atoms with Gasteiger partial charge in [0.25, 0.3) is 5.91 Å². The maximum Gasteiger partial charge on any atom is 0.347 e. The molecule has 1 aromatic heterocycles. The molecule has 8 heteroatoms. The van der Waals surface area contributed by atoms with E-state index in [0.717, 1.165) is 27.3 Å². The van der Waals surface area contributed by atoms with Crippen LogP contribution in [0.1, 0.15) is 36.1 Å². The van der Waals surface area contributed by atoms with Crippen LogP contribution in [0.4, 0.5) is 9.80 Å². The summed E-state index contributed by atoms with van der Waals surface area (Å²) in [6.07, 6.45) is 0. The Kier molecular flexibility index (Phi) is 5.40. The van der Waals surface area contributed by atoms with Gasteiger partial charge in [0.2, 0.25) is 0 Å². The molecule has 0 spiro atoms. The average Bonchev–Trinajstić information content (AvgIpc) is 3.16. The van der Waals surface area contributed by atoms with Crippen LogP contribution in [-0.2, 0) is 16.1 Å². The topological polar surface area (TPSA) is 87.2 Å². The van der Waals surface area contributed by atoms with Crippen LogP contribution in [0.2, 0.25) is 0 Å². The first-order valence-corrected chi connectivity index (χ1v) is 10.1. The van der Waals surface area contributed by atoms with Crippen molar-refractivity contribution in [3.05, 3.63) is 45.8 Å². The van der Waals surface area contributed by atoms with E-state index in [2.05, 4.69) is 0 Å². The quantitative estimate of drug-likeness (QED) is 0.722. The van der Waals surface area contributed by atoms with Gasteiger partial charge >= 0.3 is 12.0 Å². The van der Waals surface area contributed by atoms with Crippen LogP contribution >= 0.6 is 11.3 Å². The number of rotatable bonds is 6. The Morgan fingerprint density at radius 1 is 1.17 bits per heavy atom. The van der Waals surface area contributed by atoms with Gasteiger partial charge in [-0.1, -0.05) is 12.1 Å². The number of benzene rings is 1. The number of aryl methyl sites for hydroxylation is 3. The van der Waals surface area contributed by atoms with E-state index in [1.165, 1.54) is 35.0 Å². The lowest BCUT2D eigenvalue weighted by atomic mass is 10.0. The van der Waals surface area contributed by atoms with Gasteiger partial charge in [-0.15, -0.1) is 11.3 Å². The van der Waals surface area contributed by atoms with Crippen LogP contribution in [0.5, 0.6) is 5.75 Å². The number of imide groups is 1. The highest BCUT2D eigenvalue weighted by Crippen LogP contribution is 2.31. The fraction of sp³-hybridized carbons (Fsp3) is 0.381. The number of thiophene rings is 1. The predicted octanol–water partition coefficient (Wildman–Crippen LogP) is 3.88. The molecule has 1 N–H and O–H groups in total. The molecule has 1 aliphatic rings. The first-order chi connectivity index (χ1) is 13.5. The molecule has 0 atom stereocenters. The summed E-state index contributed by atoms with van der Waals surface area (Å²) >= 11 is 1.44. The number of ether oxygens (including phenoxy) is 1. The molecule has 0 unspecified atom stereocenters. The highest BCUT2D eigenvalue weighted by molar-refractivity contribution is 7.14. The Balaban J connectivity index is 1.81. The first-order valence-electron chi connectivity index (χ1n) is 9.19. The van der Waals surface area contributed by atoms with Crippen molar-refractivity contribution in [2.24, 2.45) is 0 Å². The summed E-state index contributed by atoms with van der Waals surface area (Å²) in [6, 6.07) is 5.20. The van der Waals surface area contributed by atoms with E-state index >= 15 is 0 Å². The summed E-state index contributed by atoms with van der Waals surface area (Å²) in [6.45, 7) is 8.75. The van der Waals surface area contributed by atoms with Crippen LogP contribution in [-0.4, -0.2) is 40.1 Å². The zero-order valence-corrected chi connectivity index (χ0v) is 17.9. The Morgan fingerprint density at radius 3 is 2.31 bits per heavy atom. The minimum absolute atomic E-state index is 0.0325. The molecule has 0 radical (unpaired) electrons. The third-order valence-corrected chi connectivity index (χ3v) is 5.84. The minimum atomic E-state index is -1.36. The number of nitrogens with zero attached hydrogens (tertiary/aromatic N) is 2. The SMILES string of the molecule is Cc1csc(N2CC(=O)N(Cc3cc(C)c(OC(C)(C)C(=O)O)c(C)c3)C2=O)c1.